The van der Waals surface area contributed by atoms with Gasteiger partial charge in [0.25, 0.3) is 0 Å². The van der Waals surface area contributed by atoms with Crippen molar-refractivity contribution in [1.29, 1.82) is 0 Å². The maximum Gasteiger partial charge on any atom is 0.305 e. The Bertz CT molecular complexity index is 153. The Balaban J connectivity index is 3.17. The highest BCUT2D eigenvalue weighted by atomic mass is 32.2. The Labute approximate surface area is 91.0 Å². The summed E-state index contributed by atoms with van der Waals surface area (Å²) in [7, 11) is 1.43. The molecule has 0 aliphatic carbocycles. The minimum absolute atomic E-state index is 0.121. The van der Waals surface area contributed by atoms with Gasteiger partial charge in [-0.3, -0.25) is 4.79 Å². The number of methoxy groups -OCH3 is 1. The van der Waals surface area contributed by atoms with Gasteiger partial charge < -0.3 is 10.1 Å². The fourth-order valence-electron chi connectivity index (χ4n) is 1.15. The number of esters is 1. The lowest BCUT2D eigenvalue weighted by atomic mass is 10.2. The van der Waals surface area contributed by atoms with E-state index in [-0.39, 0.29) is 5.97 Å². The third-order valence-corrected chi connectivity index (χ3v) is 2.81. The van der Waals surface area contributed by atoms with E-state index in [4.69, 9.17) is 0 Å². The average Bonchev–Trinajstić information content (AvgIpc) is 2.17. The van der Waals surface area contributed by atoms with Crippen LogP contribution in [0.5, 0.6) is 0 Å². The average molecular weight is 219 g/mol. The van der Waals surface area contributed by atoms with Crippen molar-refractivity contribution in [3.8, 4) is 0 Å². The third-order valence-electron chi connectivity index (χ3n) is 1.91. The zero-order valence-corrected chi connectivity index (χ0v) is 10.2. The van der Waals surface area contributed by atoms with Gasteiger partial charge in [0.05, 0.1) is 7.11 Å². The fourth-order valence-corrected chi connectivity index (χ4v) is 1.84. The van der Waals surface area contributed by atoms with Gasteiger partial charge >= 0.3 is 5.97 Å². The smallest absolute Gasteiger partial charge is 0.305 e. The number of carbonyl (C=O) groups excluding carboxylic acids is 1. The second-order valence-corrected chi connectivity index (χ2v) is 4.36. The highest BCUT2D eigenvalue weighted by Gasteiger charge is 2.01. The van der Waals surface area contributed by atoms with E-state index >= 15 is 0 Å². The van der Waals surface area contributed by atoms with Gasteiger partial charge in [-0.2, -0.15) is 11.8 Å². The van der Waals surface area contributed by atoms with Crippen molar-refractivity contribution in [1.82, 2.24) is 5.32 Å². The summed E-state index contributed by atoms with van der Waals surface area (Å²) in [4.78, 5) is 10.8. The molecule has 4 heteroatoms. The highest BCUT2D eigenvalue weighted by molar-refractivity contribution is 7.98. The molecule has 0 saturated carbocycles. The van der Waals surface area contributed by atoms with Crippen LogP contribution in [-0.4, -0.2) is 38.2 Å². The van der Waals surface area contributed by atoms with Crippen molar-refractivity contribution in [2.24, 2.45) is 5.92 Å². The normalized spacial score (nSPS) is 12.5. The first-order valence-electron chi connectivity index (χ1n) is 4.97. The Morgan fingerprint density at radius 1 is 1.57 bits per heavy atom. The molecule has 1 unspecified atom stereocenters. The van der Waals surface area contributed by atoms with Gasteiger partial charge in [-0.1, -0.05) is 6.92 Å². The van der Waals surface area contributed by atoms with Crippen LogP contribution in [0.4, 0.5) is 0 Å². The van der Waals surface area contributed by atoms with Crippen LogP contribution in [0.2, 0.25) is 0 Å². The Kier molecular flexibility index (Phi) is 9.19. The second-order valence-electron chi connectivity index (χ2n) is 3.44. The number of nitrogens with one attached hydrogen (secondary N) is 1. The van der Waals surface area contributed by atoms with Gasteiger partial charge in [-0.05, 0) is 37.4 Å². The molecule has 0 aromatic carbocycles. The van der Waals surface area contributed by atoms with Crippen LogP contribution < -0.4 is 5.32 Å². The van der Waals surface area contributed by atoms with Crippen molar-refractivity contribution in [3.63, 3.8) is 0 Å². The molecule has 1 N–H and O–H groups in total. The van der Waals surface area contributed by atoms with Gasteiger partial charge in [-0.25, -0.2) is 0 Å². The molecule has 1 atom stereocenters. The second kappa shape index (κ2) is 9.34. The number of rotatable bonds is 8. The SMILES string of the molecule is COC(=O)CCCNCC(C)CSC. The van der Waals surface area contributed by atoms with Crippen LogP contribution in [0.15, 0.2) is 0 Å². The molecule has 0 rings (SSSR count). The third kappa shape index (κ3) is 8.38. The van der Waals surface area contributed by atoms with Crippen molar-refractivity contribution in [2.45, 2.75) is 19.8 Å². The standard InChI is InChI=1S/C10H21NO2S/c1-9(8-14-3)7-11-6-4-5-10(12)13-2/h9,11H,4-8H2,1-3H3. The summed E-state index contributed by atoms with van der Waals surface area (Å²) in [6.07, 6.45) is 3.49. The first-order chi connectivity index (χ1) is 6.70. The zero-order valence-electron chi connectivity index (χ0n) is 9.34. The van der Waals surface area contributed by atoms with E-state index in [9.17, 15) is 4.79 Å². The molecule has 0 radical (unpaired) electrons. The number of hydrogen-bond donors (Lipinski definition) is 1. The van der Waals surface area contributed by atoms with Gasteiger partial charge in [0.1, 0.15) is 0 Å². The van der Waals surface area contributed by atoms with E-state index in [1.54, 1.807) is 0 Å². The van der Waals surface area contributed by atoms with Crippen LogP contribution in [0.25, 0.3) is 0 Å². The molecule has 3 nitrogen and oxygen atoms in total. The van der Waals surface area contributed by atoms with Crippen LogP contribution >= 0.6 is 11.8 Å². The molecule has 0 fully saturated rings. The molecule has 0 heterocycles. The maximum atomic E-state index is 10.8. The first-order valence-corrected chi connectivity index (χ1v) is 6.36. The highest BCUT2D eigenvalue weighted by Crippen LogP contribution is 2.02. The van der Waals surface area contributed by atoms with Crippen LogP contribution in [0.3, 0.4) is 0 Å². The van der Waals surface area contributed by atoms with Gasteiger partial charge in [-0.15, -0.1) is 0 Å². The van der Waals surface area contributed by atoms with Gasteiger partial charge in [0, 0.05) is 6.42 Å². The molecule has 84 valence electrons. The van der Waals surface area contributed by atoms with E-state index in [1.807, 2.05) is 11.8 Å². The Morgan fingerprint density at radius 3 is 2.86 bits per heavy atom. The molecule has 0 spiro atoms. The summed E-state index contributed by atoms with van der Waals surface area (Å²) < 4.78 is 4.55. The van der Waals surface area contributed by atoms with E-state index in [2.05, 4.69) is 23.2 Å². The fraction of sp³-hybridized carbons (Fsp3) is 0.900. The summed E-state index contributed by atoms with van der Waals surface area (Å²) in [5.41, 5.74) is 0. The van der Waals surface area contributed by atoms with Crippen molar-refractivity contribution < 1.29 is 9.53 Å². The van der Waals surface area contributed by atoms with Crippen LogP contribution in [0.1, 0.15) is 19.8 Å². The lowest BCUT2D eigenvalue weighted by Crippen LogP contribution is -2.24. The maximum absolute atomic E-state index is 10.8. The Morgan fingerprint density at radius 2 is 2.29 bits per heavy atom. The monoisotopic (exact) mass is 219 g/mol. The lowest BCUT2D eigenvalue weighted by Gasteiger charge is -2.10. The van der Waals surface area contributed by atoms with Gasteiger partial charge in [0.2, 0.25) is 0 Å². The molecular formula is C10H21NO2S. The van der Waals surface area contributed by atoms with E-state index < -0.39 is 0 Å². The topological polar surface area (TPSA) is 38.3 Å². The molecule has 0 amide bonds. The number of ether oxygens (including phenoxy) is 1. The van der Waals surface area contributed by atoms with Crippen molar-refractivity contribution in [2.75, 3.05) is 32.2 Å². The summed E-state index contributed by atoms with van der Waals surface area (Å²) in [6.45, 7) is 4.15. The summed E-state index contributed by atoms with van der Waals surface area (Å²) in [5.74, 6) is 1.76. The predicted octanol–water partition coefficient (Wildman–Crippen LogP) is 1.53. The Hall–Kier alpha value is -0.220. The molecule has 14 heavy (non-hydrogen) atoms. The predicted molar refractivity (Wildman–Crippen MR) is 61.7 cm³/mol. The molecule has 0 aromatic heterocycles. The molecule has 0 aliphatic rings. The van der Waals surface area contributed by atoms with E-state index in [0.717, 1.165) is 19.5 Å². The van der Waals surface area contributed by atoms with E-state index in [1.165, 1.54) is 12.9 Å². The van der Waals surface area contributed by atoms with Crippen molar-refractivity contribution in [3.05, 3.63) is 0 Å². The van der Waals surface area contributed by atoms with Gasteiger partial charge in [0.15, 0.2) is 0 Å². The summed E-state index contributed by atoms with van der Waals surface area (Å²) in [6, 6.07) is 0. The number of carbonyl (C=O) groups is 1. The quantitative estimate of drug-likeness (QED) is 0.496. The zero-order chi connectivity index (χ0) is 10.8. The molecular weight excluding hydrogens is 198 g/mol. The largest absolute Gasteiger partial charge is 0.469 e. The minimum atomic E-state index is -0.121. The molecule has 0 bridgehead atoms. The molecule has 0 saturated heterocycles. The molecule has 0 aromatic rings. The summed E-state index contributed by atoms with van der Waals surface area (Å²) in [5, 5.41) is 3.33. The molecule has 0 aliphatic heterocycles. The van der Waals surface area contributed by atoms with Crippen molar-refractivity contribution >= 4 is 17.7 Å². The van der Waals surface area contributed by atoms with Crippen LogP contribution in [0, 0.1) is 5.92 Å². The number of hydrogen-bond acceptors (Lipinski definition) is 4. The lowest BCUT2D eigenvalue weighted by molar-refractivity contribution is -0.140. The van der Waals surface area contributed by atoms with E-state index in [0.29, 0.717) is 12.3 Å². The number of thioether (sulfide) groups is 1. The first kappa shape index (κ1) is 13.8. The summed E-state index contributed by atoms with van der Waals surface area (Å²) >= 11 is 1.87. The van der Waals surface area contributed by atoms with Crippen LogP contribution in [-0.2, 0) is 9.53 Å². The minimum Gasteiger partial charge on any atom is -0.469 e.